The second-order valence-electron chi connectivity index (χ2n) is 5.69. The third-order valence-electron chi connectivity index (χ3n) is 4.34. The monoisotopic (exact) mass is 287 g/mol. The number of piperidine rings is 1. The number of amides is 2. The number of hydrogen-bond acceptors (Lipinski definition) is 6. The van der Waals surface area contributed by atoms with Gasteiger partial charge < -0.3 is 10.5 Å². The molecule has 8 heteroatoms. The zero-order valence-electron chi connectivity index (χ0n) is 12.2. The lowest BCUT2D eigenvalue weighted by atomic mass is 9.71. The number of nitrogens with one attached hydrogen (secondary N) is 1. The number of nitrogens with zero attached hydrogens (tertiary/aromatic N) is 1. The lowest BCUT2D eigenvalue weighted by Crippen LogP contribution is -2.71. The molecular weight excluding hydrogens is 266 g/mol. The van der Waals surface area contributed by atoms with Gasteiger partial charge in [-0.3, -0.25) is 10.2 Å². The van der Waals surface area contributed by atoms with Crippen molar-refractivity contribution in [1.29, 1.82) is 0 Å². The zero-order chi connectivity index (χ0) is 15.2. The van der Waals surface area contributed by atoms with Gasteiger partial charge in [-0.15, -0.1) is 0 Å². The first kappa shape index (κ1) is 15.0. The van der Waals surface area contributed by atoms with Gasteiger partial charge in [0.15, 0.2) is 11.4 Å². The predicted octanol–water partition coefficient (Wildman–Crippen LogP) is 0.629. The number of urea groups is 1. The number of carbonyl (C=O) groups excluding carboxylic acids is 2. The topological polar surface area (TPSA) is 103 Å². The summed E-state index contributed by atoms with van der Waals surface area (Å²) in [5, 5.41) is 1.46. The van der Waals surface area contributed by atoms with Gasteiger partial charge in [-0.1, -0.05) is 0 Å². The summed E-state index contributed by atoms with van der Waals surface area (Å²) in [5.41, 5.74) is 4.65. The quantitative estimate of drug-likeness (QED) is 0.583. The molecule has 3 unspecified atom stereocenters. The fourth-order valence-electron chi connectivity index (χ4n) is 2.82. The van der Waals surface area contributed by atoms with Crippen LogP contribution in [0.4, 0.5) is 4.79 Å². The Labute approximate surface area is 117 Å². The third kappa shape index (κ3) is 1.87. The van der Waals surface area contributed by atoms with Crippen LogP contribution in [-0.4, -0.2) is 35.1 Å². The maximum atomic E-state index is 12.3. The van der Waals surface area contributed by atoms with Gasteiger partial charge in [0, 0.05) is 0 Å². The summed E-state index contributed by atoms with van der Waals surface area (Å²) in [6, 6.07) is -0.746. The number of nitrogens with two attached hydrogens (primary N) is 1. The van der Waals surface area contributed by atoms with Crippen molar-refractivity contribution in [2.24, 2.45) is 11.1 Å². The van der Waals surface area contributed by atoms with E-state index in [2.05, 4.69) is 5.43 Å². The molecule has 0 aromatic carbocycles. The molecule has 2 bridgehead atoms. The molecular formula is C12H21N3O5. The lowest BCUT2D eigenvalue weighted by molar-refractivity contribution is -0.349. The van der Waals surface area contributed by atoms with Gasteiger partial charge in [-0.05, 0) is 40.5 Å². The number of primary amides is 1. The molecule has 20 heavy (non-hydrogen) atoms. The van der Waals surface area contributed by atoms with Crippen molar-refractivity contribution in [1.82, 2.24) is 10.4 Å². The Kier molecular flexibility index (Phi) is 3.43. The zero-order valence-corrected chi connectivity index (χ0v) is 12.2. The Morgan fingerprint density at radius 1 is 1.30 bits per heavy atom. The van der Waals surface area contributed by atoms with Gasteiger partial charge in [0.2, 0.25) is 0 Å². The molecule has 0 aromatic heterocycles. The van der Waals surface area contributed by atoms with Crippen LogP contribution in [0, 0.1) is 5.41 Å². The van der Waals surface area contributed by atoms with E-state index in [1.807, 2.05) is 0 Å². The van der Waals surface area contributed by atoms with Gasteiger partial charge in [-0.25, -0.2) is 14.6 Å². The van der Waals surface area contributed by atoms with E-state index in [-0.39, 0.29) is 6.61 Å². The van der Waals surface area contributed by atoms with Crippen molar-refractivity contribution in [3.63, 3.8) is 0 Å². The first-order chi connectivity index (χ1) is 9.19. The Hall–Kier alpha value is -1.38. The Morgan fingerprint density at radius 2 is 1.95 bits per heavy atom. The highest BCUT2D eigenvalue weighted by Crippen LogP contribution is 2.55. The molecule has 2 rings (SSSR count). The van der Waals surface area contributed by atoms with Crippen LogP contribution < -0.4 is 11.2 Å². The van der Waals surface area contributed by atoms with Gasteiger partial charge in [0.05, 0.1) is 6.61 Å². The Bertz CT molecular complexity index is 445. The van der Waals surface area contributed by atoms with E-state index in [1.165, 1.54) is 5.01 Å². The molecule has 2 amide bonds. The van der Waals surface area contributed by atoms with Crippen molar-refractivity contribution in [3.8, 4) is 0 Å². The third-order valence-corrected chi connectivity index (χ3v) is 4.34. The van der Waals surface area contributed by atoms with Crippen molar-refractivity contribution >= 4 is 12.0 Å². The van der Waals surface area contributed by atoms with Crippen LogP contribution in [0.25, 0.3) is 0 Å². The van der Waals surface area contributed by atoms with Crippen LogP contribution in [0.5, 0.6) is 0 Å². The lowest BCUT2D eigenvalue weighted by Gasteiger charge is -2.50. The van der Waals surface area contributed by atoms with E-state index >= 15 is 0 Å². The largest absolute Gasteiger partial charge is 0.465 e. The molecule has 2 heterocycles. The molecule has 2 aliphatic heterocycles. The highest BCUT2D eigenvalue weighted by molar-refractivity contribution is 5.78. The van der Waals surface area contributed by atoms with E-state index in [9.17, 15) is 9.59 Å². The smallest absolute Gasteiger partial charge is 0.326 e. The summed E-state index contributed by atoms with van der Waals surface area (Å²) >= 11 is 0. The number of carbonyl (C=O) groups is 2. The van der Waals surface area contributed by atoms with Crippen LogP contribution in [0.1, 0.15) is 40.5 Å². The van der Waals surface area contributed by atoms with Crippen molar-refractivity contribution < 1.29 is 24.1 Å². The number of hydrazine groups is 1. The molecule has 114 valence electrons. The second kappa shape index (κ2) is 4.57. The Balaban J connectivity index is 2.39. The van der Waals surface area contributed by atoms with E-state index in [0.717, 1.165) is 0 Å². The average Bonchev–Trinajstić information content (AvgIpc) is 2.56. The van der Waals surface area contributed by atoms with E-state index < -0.39 is 28.9 Å². The van der Waals surface area contributed by atoms with Crippen molar-refractivity contribution in [2.75, 3.05) is 6.61 Å². The maximum Gasteiger partial charge on any atom is 0.326 e. The summed E-state index contributed by atoms with van der Waals surface area (Å²) in [6.07, 6.45) is 0.994. The molecule has 2 saturated heterocycles. The molecule has 2 aliphatic rings. The molecule has 0 spiro atoms. The fraction of sp³-hybridized carbons (Fsp3) is 0.833. The number of ether oxygens (including phenoxy) is 1. The van der Waals surface area contributed by atoms with E-state index in [0.29, 0.717) is 12.8 Å². The van der Waals surface area contributed by atoms with Crippen LogP contribution in [-0.2, 0) is 19.3 Å². The van der Waals surface area contributed by atoms with E-state index in [4.69, 9.17) is 20.2 Å². The molecule has 0 radical (unpaired) electrons. The van der Waals surface area contributed by atoms with E-state index in [1.54, 1.807) is 27.7 Å². The summed E-state index contributed by atoms with van der Waals surface area (Å²) in [6.45, 7) is 7.17. The molecule has 0 aliphatic carbocycles. The average molecular weight is 287 g/mol. The number of esters is 1. The van der Waals surface area contributed by atoms with Crippen molar-refractivity contribution in [3.05, 3.63) is 0 Å². The molecule has 3 atom stereocenters. The van der Waals surface area contributed by atoms with Gasteiger partial charge in [0.25, 0.3) is 0 Å². The molecule has 3 N–H and O–H groups in total. The summed E-state index contributed by atoms with van der Waals surface area (Å²) in [7, 11) is 0. The number of rotatable bonds is 3. The SMILES string of the molecule is CCOC(=O)C1(C)CCC2(C)OOC1(C)N2NC(N)=O. The second-order valence-corrected chi connectivity index (χ2v) is 5.69. The minimum absolute atomic E-state index is 0.270. The number of fused-ring (bicyclic) bond motifs is 2. The molecule has 8 nitrogen and oxygen atoms in total. The van der Waals surface area contributed by atoms with Gasteiger partial charge in [0.1, 0.15) is 5.41 Å². The Morgan fingerprint density at radius 3 is 2.50 bits per heavy atom. The van der Waals surface area contributed by atoms with Crippen molar-refractivity contribution in [2.45, 2.75) is 52.0 Å². The van der Waals surface area contributed by atoms with Crippen LogP contribution in [0.15, 0.2) is 0 Å². The van der Waals surface area contributed by atoms with Crippen LogP contribution >= 0.6 is 0 Å². The summed E-state index contributed by atoms with van der Waals surface area (Å²) in [5.74, 6) is -0.397. The van der Waals surface area contributed by atoms with Crippen LogP contribution in [0.2, 0.25) is 0 Å². The summed E-state index contributed by atoms with van der Waals surface area (Å²) < 4.78 is 5.14. The number of hydrogen-bond donors (Lipinski definition) is 2. The van der Waals surface area contributed by atoms with Gasteiger partial charge in [-0.2, -0.15) is 5.01 Å². The first-order valence-electron chi connectivity index (χ1n) is 6.60. The van der Waals surface area contributed by atoms with Gasteiger partial charge >= 0.3 is 12.0 Å². The maximum absolute atomic E-state index is 12.3. The molecule has 2 fully saturated rings. The van der Waals surface area contributed by atoms with Crippen LogP contribution in [0.3, 0.4) is 0 Å². The minimum Gasteiger partial charge on any atom is -0.465 e. The normalized spacial score (nSPS) is 40.4. The fourth-order valence-corrected chi connectivity index (χ4v) is 2.82. The minimum atomic E-state index is -1.19. The predicted molar refractivity (Wildman–Crippen MR) is 67.5 cm³/mol. The highest BCUT2D eigenvalue weighted by atomic mass is 17.2. The standard InChI is InChI=1S/C12H21N3O5/c1-5-18-8(16)10(2)6-7-11(3)15(14-9(13)17)12(10,4)20-19-11/h5-7H2,1-4H3,(H3,13,14,17). The molecule has 0 saturated carbocycles. The molecule has 0 aromatic rings. The summed E-state index contributed by atoms with van der Waals surface area (Å²) in [4.78, 5) is 34.3. The highest BCUT2D eigenvalue weighted by Gasteiger charge is 2.70. The first-order valence-corrected chi connectivity index (χ1v) is 6.60.